The minimum Gasteiger partial charge on any atom is -0.352 e. The summed E-state index contributed by atoms with van der Waals surface area (Å²) >= 11 is 0. The van der Waals surface area contributed by atoms with Gasteiger partial charge in [0.05, 0.1) is 0 Å². The van der Waals surface area contributed by atoms with Crippen molar-refractivity contribution in [2.75, 3.05) is 18.0 Å². The van der Waals surface area contributed by atoms with Crippen LogP contribution in [0.25, 0.3) is 0 Å². The van der Waals surface area contributed by atoms with Crippen LogP contribution in [0.5, 0.6) is 0 Å². The SMILES string of the molecule is CC1CCN(c2cccc(C(F)(F)F)n2)C1CN. The van der Waals surface area contributed by atoms with Crippen molar-refractivity contribution in [3.05, 3.63) is 23.9 Å². The molecule has 2 N–H and O–H groups in total. The lowest BCUT2D eigenvalue weighted by atomic mass is 10.0. The zero-order chi connectivity index (χ0) is 13.3. The van der Waals surface area contributed by atoms with Crippen LogP contribution in [0.2, 0.25) is 0 Å². The van der Waals surface area contributed by atoms with E-state index in [-0.39, 0.29) is 6.04 Å². The van der Waals surface area contributed by atoms with Crippen molar-refractivity contribution in [2.24, 2.45) is 11.7 Å². The summed E-state index contributed by atoms with van der Waals surface area (Å²) in [6.45, 7) is 3.20. The van der Waals surface area contributed by atoms with Gasteiger partial charge in [-0.1, -0.05) is 13.0 Å². The van der Waals surface area contributed by atoms with Gasteiger partial charge in [0.15, 0.2) is 0 Å². The predicted octanol–water partition coefficient (Wildman–Crippen LogP) is 2.27. The van der Waals surface area contributed by atoms with Crippen molar-refractivity contribution in [2.45, 2.75) is 25.6 Å². The van der Waals surface area contributed by atoms with E-state index in [1.807, 2.05) is 4.90 Å². The summed E-state index contributed by atoms with van der Waals surface area (Å²) in [6, 6.07) is 4.05. The van der Waals surface area contributed by atoms with Gasteiger partial charge in [-0.25, -0.2) is 4.98 Å². The maximum atomic E-state index is 12.6. The van der Waals surface area contributed by atoms with Crippen LogP contribution in [-0.2, 0) is 6.18 Å². The van der Waals surface area contributed by atoms with E-state index in [1.165, 1.54) is 6.07 Å². The highest BCUT2D eigenvalue weighted by Crippen LogP contribution is 2.32. The van der Waals surface area contributed by atoms with Gasteiger partial charge in [-0.2, -0.15) is 13.2 Å². The Hall–Kier alpha value is -1.30. The second-order valence-electron chi connectivity index (χ2n) is 4.64. The van der Waals surface area contributed by atoms with Gasteiger partial charge in [0.1, 0.15) is 11.5 Å². The minimum absolute atomic E-state index is 0.0704. The van der Waals surface area contributed by atoms with Crippen molar-refractivity contribution in [3.8, 4) is 0 Å². The maximum Gasteiger partial charge on any atom is 0.433 e. The smallest absolute Gasteiger partial charge is 0.352 e. The van der Waals surface area contributed by atoms with E-state index in [0.717, 1.165) is 12.5 Å². The molecule has 0 aliphatic carbocycles. The van der Waals surface area contributed by atoms with Crippen molar-refractivity contribution < 1.29 is 13.2 Å². The molecule has 1 aliphatic heterocycles. The average molecular weight is 259 g/mol. The normalized spacial score (nSPS) is 24.6. The molecule has 18 heavy (non-hydrogen) atoms. The van der Waals surface area contributed by atoms with Gasteiger partial charge < -0.3 is 10.6 Å². The largest absolute Gasteiger partial charge is 0.433 e. The van der Waals surface area contributed by atoms with Crippen molar-refractivity contribution in [3.63, 3.8) is 0 Å². The Morgan fingerprint density at radius 3 is 2.78 bits per heavy atom. The summed E-state index contributed by atoms with van der Waals surface area (Å²) in [5, 5.41) is 0. The van der Waals surface area contributed by atoms with E-state index in [4.69, 9.17) is 5.73 Å². The summed E-state index contributed by atoms with van der Waals surface area (Å²) in [7, 11) is 0. The van der Waals surface area contributed by atoms with Crippen LogP contribution in [0.1, 0.15) is 19.0 Å². The first-order chi connectivity index (χ1) is 8.43. The lowest BCUT2D eigenvalue weighted by Gasteiger charge is -2.27. The van der Waals surface area contributed by atoms with Gasteiger partial charge >= 0.3 is 6.18 Å². The number of hydrogen-bond acceptors (Lipinski definition) is 3. The van der Waals surface area contributed by atoms with E-state index in [0.29, 0.717) is 24.8 Å². The summed E-state index contributed by atoms with van der Waals surface area (Å²) < 4.78 is 37.8. The molecule has 100 valence electrons. The number of nitrogens with zero attached hydrogens (tertiary/aromatic N) is 2. The molecule has 2 heterocycles. The number of hydrogen-bond donors (Lipinski definition) is 1. The summed E-state index contributed by atoms with van der Waals surface area (Å²) in [5.41, 5.74) is 4.83. The van der Waals surface area contributed by atoms with E-state index in [9.17, 15) is 13.2 Å². The lowest BCUT2D eigenvalue weighted by molar-refractivity contribution is -0.141. The van der Waals surface area contributed by atoms with Crippen LogP contribution >= 0.6 is 0 Å². The van der Waals surface area contributed by atoms with Gasteiger partial charge in [-0.05, 0) is 24.5 Å². The number of pyridine rings is 1. The number of nitrogens with two attached hydrogens (primary N) is 1. The van der Waals surface area contributed by atoms with Crippen molar-refractivity contribution >= 4 is 5.82 Å². The Balaban J connectivity index is 2.29. The van der Waals surface area contributed by atoms with Crippen molar-refractivity contribution in [1.29, 1.82) is 0 Å². The van der Waals surface area contributed by atoms with Crippen LogP contribution in [-0.4, -0.2) is 24.1 Å². The predicted molar refractivity (Wildman–Crippen MR) is 63.2 cm³/mol. The second-order valence-corrected chi connectivity index (χ2v) is 4.64. The first-order valence-electron chi connectivity index (χ1n) is 5.94. The molecule has 2 rings (SSSR count). The second kappa shape index (κ2) is 4.76. The van der Waals surface area contributed by atoms with Gasteiger partial charge in [0.2, 0.25) is 0 Å². The molecule has 0 saturated carbocycles. The summed E-state index contributed by atoms with van der Waals surface area (Å²) in [5.74, 6) is 0.746. The number of aromatic nitrogens is 1. The lowest BCUT2D eigenvalue weighted by Crippen LogP contribution is -2.39. The molecule has 0 radical (unpaired) electrons. The number of halogens is 3. The highest BCUT2D eigenvalue weighted by Gasteiger charge is 2.35. The molecule has 0 bridgehead atoms. The summed E-state index contributed by atoms with van der Waals surface area (Å²) in [4.78, 5) is 5.58. The van der Waals surface area contributed by atoms with Crippen molar-refractivity contribution in [1.82, 2.24) is 4.98 Å². The number of anilines is 1. The molecule has 1 aromatic rings. The molecule has 0 amide bonds. The first-order valence-corrected chi connectivity index (χ1v) is 5.94. The van der Waals surface area contributed by atoms with Crippen LogP contribution < -0.4 is 10.6 Å². The number of rotatable bonds is 2. The Morgan fingerprint density at radius 1 is 1.44 bits per heavy atom. The highest BCUT2D eigenvalue weighted by molar-refractivity contribution is 5.42. The highest BCUT2D eigenvalue weighted by atomic mass is 19.4. The quantitative estimate of drug-likeness (QED) is 0.886. The molecule has 6 heteroatoms. The van der Waals surface area contributed by atoms with Gasteiger partial charge in [0.25, 0.3) is 0 Å². The zero-order valence-electron chi connectivity index (χ0n) is 10.1. The van der Waals surface area contributed by atoms with Gasteiger partial charge in [-0.3, -0.25) is 0 Å². The molecule has 1 saturated heterocycles. The van der Waals surface area contributed by atoms with Gasteiger partial charge in [0, 0.05) is 19.1 Å². The maximum absolute atomic E-state index is 12.6. The van der Waals surface area contributed by atoms with E-state index < -0.39 is 11.9 Å². The molecule has 1 fully saturated rings. The Labute approximate surface area is 104 Å². The standard InChI is InChI=1S/C12H16F3N3/c1-8-5-6-18(9(8)7-16)11-4-2-3-10(17-11)12(13,14)15/h2-4,8-9H,5-7,16H2,1H3. The van der Waals surface area contributed by atoms with Crippen LogP contribution in [0.3, 0.4) is 0 Å². The van der Waals surface area contributed by atoms with Crippen LogP contribution in [0.4, 0.5) is 19.0 Å². The molecule has 1 aliphatic rings. The molecule has 0 aromatic carbocycles. The number of alkyl halides is 3. The molecule has 0 spiro atoms. The average Bonchev–Trinajstić information content (AvgIpc) is 2.69. The third-order valence-corrected chi connectivity index (χ3v) is 3.44. The third-order valence-electron chi connectivity index (χ3n) is 3.44. The Morgan fingerprint density at radius 2 is 2.17 bits per heavy atom. The minimum atomic E-state index is -4.40. The third kappa shape index (κ3) is 2.43. The Kier molecular flexibility index (Phi) is 3.47. The van der Waals surface area contributed by atoms with Crippen LogP contribution in [0.15, 0.2) is 18.2 Å². The molecule has 1 aromatic heterocycles. The fourth-order valence-corrected chi connectivity index (χ4v) is 2.39. The Bertz CT molecular complexity index is 419. The fraction of sp³-hybridized carbons (Fsp3) is 0.583. The van der Waals surface area contributed by atoms with Gasteiger partial charge in [-0.15, -0.1) is 0 Å². The summed E-state index contributed by atoms with van der Waals surface area (Å²) in [6.07, 6.45) is -3.47. The first kappa shape index (κ1) is 13.1. The van der Waals surface area contributed by atoms with Crippen LogP contribution in [0, 0.1) is 5.92 Å². The van der Waals surface area contributed by atoms with E-state index in [1.54, 1.807) is 6.07 Å². The van der Waals surface area contributed by atoms with E-state index in [2.05, 4.69) is 11.9 Å². The molecule has 2 atom stereocenters. The molecule has 2 unspecified atom stereocenters. The molecule has 3 nitrogen and oxygen atoms in total. The zero-order valence-corrected chi connectivity index (χ0v) is 10.1. The topological polar surface area (TPSA) is 42.2 Å². The fourth-order valence-electron chi connectivity index (χ4n) is 2.39. The van der Waals surface area contributed by atoms with E-state index >= 15 is 0 Å². The molecular weight excluding hydrogens is 243 g/mol. The molecular formula is C12H16F3N3. The monoisotopic (exact) mass is 259 g/mol.